The third-order valence-corrected chi connectivity index (χ3v) is 5.00. The van der Waals surface area contributed by atoms with E-state index in [0.29, 0.717) is 16.1 Å². The van der Waals surface area contributed by atoms with Gasteiger partial charge in [-0.25, -0.2) is 4.98 Å². The SMILES string of the molecule is CC(C)n1c(SCC(=O)Nc2ccc(F)c([N+](=O)[O-])c2)nc2ccccc2c1=O. The average Bonchev–Trinajstić information content (AvgIpc) is 2.67. The molecule has 150 valence electrons. The van der Waals surface area contributed by atoms with Crippen molar-refractivity contribution in [3.8, 4) is 0 Å². The summed E-state index contributed by atoms with van der Waals surface area (Å²) < 4.78 is 14.9. The Morgan fingerprint density at radius 3 is 2.72 bits per heavy atom. The molecule has 0 aliphatic heterocycles. The van der Waals surface area contributed by atoms with E-state index < -0.39 is 22.3 Å². The maximum Gasteiger partial charge on any atom is 0.306 e. The molecule has 3 aromatic rings. The molecule has 10 heteroatoms. The first-order chi connectivity index (χ1) is 13.8. The molecular weight excluding hydrogens is 399 g/mol. The number of rotatable bonds is 6. The lowest BCUT2D eigenvalue weighted by atomic mass is 10.2. The topological polar surface area (TPSA) is 107 Å². The summed E-state index contributed by atoms with van der Waals surface area (Å²) in [4.78, 5) is 39.5. The van der Waals surface area contributed by atoms with Gasteiger partial charge in [-0.2, -0.15) is 4.39 Å². The average molecular weight is 416 g/mol. The number of halogens is 1. The van der Waals surface area contributed by atoms with Gasteiger partial charge < -0.3 is 5.32 Å². The highest BCUT2D eigenvalue weighted by molar-refractivity contribution is 7.99. The van der Waals surface area contributed by atoms with E-state index in [1.807, 2.05) is 13.8 Å². The monoisotopic (exact) mass is 416 g/mol. The number of amides is 1. The molecule has 0 fully saturated rings. The first-order valence-electron chi connectivity index (χ1n) is 8.66. The summed E-state index contributed by atoms with van der Waals surface area (Å²) in [6, 6.07) is 9.91. The van der Waals surface area contributed by atoms with E-state index in [9.17, 15) is 24.1 Å². The zero-order valence-corrected chi connectivity index (χ0v) is 16.4. The Morgan fingerprint density at radius 1 is 1.31 bits per heavy atom. The third kappa shape index (κ3) is 4.43. The van der Waals surface area contributed by atoms with Crippen LogP contribution >= 0.6 is 11.8 Å². The summed E-state index contributed by atoms with van der Waals surface area (Å²) in [5.74, 6) is -1.53. The highest BCUT2D eigenvalue weighted by Gasteiger charge is 2.17. The standard InChI is InChI=1S/C19H17FN4O4S/c1-11(2)23-18(26)13-5-3-4-6-15(13)22-19(23)29-10-17(25)21-12-7-8-14(20)16(9-12)24(27)28/h3-9,11H,10H2,1-2H3,(H,21,25). The van der Waals surface area contributed by atoms with Crippen LogP contribution in [0.4, 0.5) is 15.8 Å². The molecule has 8 nitrogen and oxygen atoms in total. The maximum absolute atomic E-state index is 13.4. The number of nitrogens with zero attached hydrogens (tertiary/aromatic N) is 3. The summed E-state index contributed by atoms with van der Waals surface area (Å²) in [5.41, 5.74) is -0.272. The number of carbonyl (C=O) groups excluding carboxylic acids is 1. The fourth-order valence-corrected chi connectivity index (χ4v) is 3.67. The van der Waals surface area contributed by atoms with Crippen LogP contribution in [0.1, 0.15) is 19.9 Å². The number of anilines is 1. The van der Waals surface area contributed by atoms with Gasteiger partial charge in [-0.1, -0.05) is 23.9 Å². The Hall–Kier alpha value is -3.27. The van der Waals surface area contributed by atoms with Crippen molar-refractivity contribution in [1.29, 1.82) is 0 Å². The van der Waals surface area contributed by atoms with Crippen LogP contribution in [0.2, 0.25) is 0 Å². The Bertz CT molecular complexity index is 1160. The van der Waals surface area contributed by atoms with Gasteiger partial charge in [0, 0.05) is 17.8 Å². The Kier molecular flexibility index (Phi) is 5.92. The number of aromatic nitrogens is 2. The van der Waals surface area contributed by atoms with Gasteiger partial charge in [0.1, 0.15) is 0 Å². The molecule has 1 heterocycles. The smallest absolute Gasteiger partial charge is 0.306 e. The molecule has 29 heavy (non-hydrogen) atoms. The van der Waals surface area contributed by atoms with Gasteiger partial charge in [0.2, 0.25) is 11.7 Å². The molecule has 0 aliphatic rings. The molecule has 1 amide bonds. The molecule has 0 saturated heterocycles. The molecule has 3 rings (SSSR count). The van der Waals surface area contributed by atoms with Crippen LogP contribution in [0.15, 0.2) is 52.4 Å². The highest BCUT2D eigenvalue weighted by Crippen LogP contribution is 2.23. The van der Waals surface area contributed by atoms with E-state index in [1.54, 1.807) is 24.3 Å². The molecule has 0 radical (unpaired) electrons. The largest absolute Gasteiger partial charge is 0.325 e. The van der Waals surface area contributed by atoms with Gasteiger partial charge >= 0.3 is 5.69 Å². The summed E-state index contributed by atoms with van der Waals surface area (Å²) in [6.07, 6.45) is 0. The van der Waals surface area contributed by atoms with E-state index in [1.165, 1.54) is 10.6 Å². The van der Waals surface area contributed by atoms with Crippen LogP contribution in [-0.4, -0.2) is 26.1 Å². The van der Waals surface area contributed by atoms with E-state index in [-0.39, 0.29) is 23.0 Å². The second-order valence-corrected chi connectivity index (χ2v) is 7.38. The molecule has 0 bridgehead atoms. The van der Waals surface area contributed by atoms with Crippen molar-refractivity contribution in [3.63, 3.8) is 0 Å². The van der Waals surface area contributed by atoms with Crippen molar-refractivity contribution in [2.45, 2.75) is 25.0 Å². The summed E-state index contributed by atoms with van der Waals surface area (Å²) in [5, 5.41) is 14.2. The van der Waals surface area contributed by atoms with Gasteiger partial charge in [-0.15, -0.1) is 0 Å². The van der Waals surface area contributed by atoms with Crippen molar-refractivity contribution in [2.24, 2.45) is 0 Å². The number of nitrogens with one attached hydrogen (secondary N) is 1. The van der Waals surface area contributed by atoms with Gasteiger partial charge in [0.25, 0.3) is 5.56 Å². The lowest BCUT2D eigenvalue weighted by Gasteiger charge is -2.16. The Morgan fingerprint density at radius 2 is 2.03 bits per heavy atom. The summed E-state index contributed by atoms with van der Waals surface area (Å²) in [7, 11) is 0. The van der Waals surface area contributed by atoms with E-state index in [0.717, 1.165) is 23.9 Å². The number of carbonyl (C=O) groups is 1. The van der Waals surface area contributed by atoms with Crippen LogP contribution < -0.4 is 10.9 Å². The summed E-state index contributed by atoms with van der Waals surface area (Å²) in [6.45, 7) is 3.69. The minimum atomic E-state index is -0.983. The number of para-hydroxylation sites is 1. The lowest BCUT2D eigenvalue weighted by Crippen LogP contribution is -2.25. The first-order valence-corrected chi connectivity index (χ1v) is 9.64. The first kappa shape index (κ1) is 20.5. The number of benzene rings is 2. The molecule has 0 aliphatic carbocycles. The maximum atomic E-state index is 13.4. The fourth-order valence-electron chi connectivity index (χ4n) is 2.74. The van der Waals surface area contributed by atoms with Crippen LogP contribution in [0.3, 0.4) is 0 Å². The minimum absolute atomic E-state index is 0.0807. The quantitative estimate of drug-likeness (QED) is 0.284. The van der Waals surface area contributed by atoms with Gasteiger partial charge in [0.15, 0.2) is 5.16 Å². The number of hydrogen-bond donors (Lipinski definition) is 1. The molecule has 0 unspecified atom stereocenters. The predicted molar refractivity (Wildman–Crippen MR) is 109 cm³/mol. The Labute approximate surface area is 168 Å². The number of fused-ring (bicyclic) bond motifs is 1. The van der Waals surface area contributed by atoms with Gasteiger partial charge in [-0.3, -0.25) is 24.3 Å². The minimum Gasteiger partial charge on any atom is -0.325 e. The summed E-state index contributed by atoms with van der Waals surface area (Å²) >= 11 is 1.08. The van der Waals surface area contributed by atoms with Crippen LogP contribution in [0.25, 0.3) is 10.9 Å². The third-order valence-electron chi connectivity index (χ3n) is 4.05. The van der Waals surface area contributed by atoms with Crippen LogP contribution in [-0.2, 0) is 4.79 Å². The molecule has 2 aromatic carbocycles. The zero-order valence-electron chi connectivity index (χ0n) is 15.6. The van der Waals surface area contributed by atoms with Gasteiger partial charge in [0.05, 0.1) is 21.6 Å². The number of nitro groups is 1. The molecule has 0 saturated carbocycles. The van der Waals surface area contributed by atoms with E-state index in [4.69, 9.17) is 0 Å². The van der Waals surface area contributed by atoms with Crippen molar-refractivity contribution < 1.29 is 14.1 Å². The van der Waals surface area contributed by atoms with Crippen molar-refractivity contribution in [1.82, 2.24) is 9.55 Å². The molecule has 0 atom stereocenters. The molecule has 1 aromatic heterocycles. The van der Waals surface area contributed by atoms with Crippen molar-refractivity contribution in [2.75, 3.05) is 11.1 Å². The lowest BCUT2D eigenvalue weighted by molar-refractivity contribution is -0.387. The van der Waals surface area contributed by atoms with Crippen molar-refractivity contribution >= 4 is 39.9 Å². The number of nitro benzene ring substituents is 1. The molecule has 1 N–H and O–H groups in total. The molecular formula is C19H17FN4O4S. The van der Waals surface area contributed by atoms with Crippen molar-refractivity contribution in [3.05, 3.63) is 68.7 Å². The van der Waals surface area contributed by atoms with E-state index in [2.05, 4.69) is 10.3 Å². The number of thioether (sulfide) groups is 1. The zero-order chi connectivity index (χ0) is 21.1. The fraction of sp³-hybridized carbons (Fsp3) is 0.211. The predicted octanol–water partition coefficient (Wildman–Crippen LogP) is 3.76. The van der Waals surface area contributed by atoms with Crippen LogP contribution in [0, 0.1) is 15.9 Å². The van der Waals surface area contributed by atoms with E-state index >= 15 is 0 Å². The molecule has 0 spiro atoms. The Balaban J connectivity index is 1.81. The second-order valence-electron chi connectivity index (χ2n) is 6.44. The van der Waals surface area contributed by atoms with Crippen LogP contribution in [0.5, 0.6) is 0 Å². The van der Waals surface area contributed by atoms with Gasteiger partial charge in [-0.05, 0) is 38.1 Å². The normalized spacial score (nSPS) is 11.0. The highest BCUT2D eigenvalue weighted by atomic mass is 32.2. The second kappa shape index (κ2) is 8.39. The number of hydrogen-bond acceptors (Lipinski definition) is 6.